The molecule has 5 heteroatoms. The first-order valence-corrected chi connectivity index (χ1v) is 8.81. The molecule has 126 valence electrons. The molecular formula is C20H22N4O+2. The van der Waals surface area contributed by atoms with E-state index in [4.69, 9.17) is 9.68 Å². The molecule has 0 bridgehead atoms. The van der Waals surface area contributed by atoms with Crippen molar-refractivity contribution in [2.45, 2.75) is 13.1 Å². The van der Waals surface area contributed by atoms with Crippen molar-refractivity contribution in [1.82, 2.24) is 4.98 Å². The molecule has 0 atom stereocenters. The number of piperazine rings is 1. The van der Waals surface area contributed by atoms with Gasteiger partial charge in [0.2, 0.25) is 0 Å². The van der Waals surface area contributed by atoms with Crippen molar-refractivity contribution < 1.29 is 14.2 Å². The van der Waals surface area contributed by atoms with Crippen LogP contribution in [0.4, 0.5) is 0 Å². The number of nitrogens with zero attached hydrogens (tertiary/aromatic N) is 2. The van der Waals surface area contributed by atoms with Gasteiger partial charge in [0.25, 0.3) is 5.89 Å². The zero-order chi connectivity index (χ0) is 17.1. The molecule has 0 spiro atoms. The van der Waals surface area contributed by atoms with E-state index in [1.165, 1.54) is 10.5 Å². The summed E-state index contributed by atoms with van der Waals surface area (Å²) in [5.74, 6) is 0.840. The number of para-hydroxylation sites is 2. The number of aromatic nitrogens is 1. The van der Waals surface area contributed by atoms with Crippen LogP contribution in [0.1, 0.15) is 17.0 Å². The first kappa shape index (κ1) is 15.8. The molecular weight excluding hydrogens is 312 g/mol. The Labute approximate surface area is 147 Å². The van der Waals surface area contributed by atoms with Gasteiger partial charge in [0, 0.05) is 5.56 Å². The van der Waals surface area contributed by atoms with Crippen LogP contribution in [0.2, 0.25) is 0 Å². The minimum Gasteiger partial charge on any atom is -0.435 e. The first-order chi connectivity index (χ1) is 12.3. The molecule has 25 heavy (non-hydrogen) atoms. The van der Waals surface area contributed by atoms with Gasteiger partial charge in [0.05, 0.1) is 11.6 Å². The summed E-state index contributed by atoms with van der Waals surface area (Å²) in [4.78, 5) is 7.73. The second-order valence-corrected chi connectivity index (χ2v) is 6.74. The molecule has 0 radical (unpaired) electrons. The lowest BCUT2D eigenvalue weighted by molar-refractivity contribution is -1.02. The number of fused-ring (bicyclic) bond motifs is 1. The fraction of sp³-hybridized carbons (Fsp3) is 0.300. The highest BCUT2D eigenvalue weighted by molar-refractivity contribution is 5.72. The van der Waals surface area contributed by atoms with Gasteiger partial charge in [-0.2, -0.15) is 5.26 Å². The summed E-state index contributed by atoms with van der Waals surface area (Å²) in [7, 11) is 0. The Morgan fingerprint density at radius 2 is 1.60 bits per heavy atom. The lowest BCUT2D eigenvalue weighted by Crippen LogP contribution is -3.27. The van der Waals surface area contributed by atoms with E-state index in [2.05, 4.69) is 23.2 Å². The Hall–Kier alpha value is -2.68. The van der Waals surface area contributed by atoms with Gasteiger partial charge in [-0.25, -0.2) is 4.98 Å². The Kier molecular flexibility index (Phi) is 4.47. The number of nitrogens with one attached hydrogen (secondary N) is 2. The topological polar surface area (TPSA) is 58.7 Å². The van der Waals surface area contributed by atoms with Crippen molar-refractivity contribution >= 4 is 11.1 Å². The van der Waals surface area contributed by atoms with Crippen LogP contribution in [0.25, 0.3) is 11.1 Å². The van der Waals surface area contributed by atoms with Crippen LogP contribution in [0.5, 0.6) is 0 Å². The van der Waals surface area contributed by atoms with Crippen molar-refractivity contribution in [2.75, 3.05) is 26.2 Å². The Morgan fingerprint density at radius 3 is 2.28 bits per heavy atom. The molecule has 1 saturated heterocycles. The standard InChI is InChI=1S/C20H20N4O/c21-13-16-5-7-17(8-6-16)14-23-9-11-24(12-10-23)15-20-22-18-3-1-2-4-19(18)25-20/h1-8H,9-12,14-15H2/p+2. The summed E-state index contributed by atoms with van der Waals surface area (Å²) in [6.45, 7) is 6.44. The maximum absolute atomic E-state index is 8.88. The highest BCUT2D eigenvalue weighted by Crippen LogP contribution is 2.13. The maximum atomic E-state index is 8.88. The average Bonchev–Trinajstić information content (AvgIpc) is 3.06. The van der Waals surface area contributed by atoms with E-state index in [1.54, 1.807) is 4.90 Å². The molecule has 1 aromatic heterocycles. The van der Waals surface area contributed by atoms with Crippen molar-refractivity contribution in [3.63, 3.8) is 0 Å². The molecule has 0 saturated carbocycles. The predicted molar refractivity (Wildman–Crippen MR) is 94.0 cm³/mol. The molecule has 0 unspecified atom stereocenters. The molecule has 4 rings (SSSR count). The summed E-state index contributed by atoms with van der Waals surface area (Å²) in [5, 5.41) is 8.88. The highest BCUT2D eigenvalue weighted by Gasteiger charge is 2.24. The van der Waals surface area contributed by atoms with Crippen molar-refractivity contribution in [2.24, 2.45) is 0 Å². The van der Waals surface area contributed by atoms with Gasteiger partial charge in [-0.15, -0.1) is 0 Å². The van der Waals surface area contributed by atoms with Crippen LogP contribution in [0.3, 0.4) is 0 Å². The number of rotatable bonds is 4. The van der Waals surface area contributed by atoms with Gasteiger partial charge < -0.3 is 14.2 Å². The lowest BCUT2D eigenvalue weighted by atomic mass is 10.1. The normalized spacial score (nSPS) is 20.4. The molecule has 2 heterocycles. The summed E-state index contributed by atoms with van der Waals surface area (Å²) in [5.41, 5.74) is 3.85. The lowest BCUT2D eigenvalue weighted by Gasteiger charge is -2.29. The maximum Gasteiger partial charge on any atom is 0.251 e. The molecule has 1 aliphatic heterocycles. The third-order valence-electron chi connectivity index (χ3n) is 4.94. The SMILES string of the molecule is N#Cc1ccc(C[NH+]2CC[NH+](Cc3nc4ccccc4o3)CC2)cc1. The van der Waals surface area contributed by atoms with E-state index in [1.807, 2.05) is 36.4 Å². The number of quaternary nitrogens is 2. The summed E-state index contributed by atoms with van der Waals surface area (Å²) < 4.78 is 5.85. The van der Waals surface area contributed by atoms with Crippen molar-refractivity contribution in [1.29, 1.82) is 5.26 Å². The van der Waals surface area contributed by atoms with Crippen LogP contribution in [0.15, 0.2) is 52.9 Å². The summed E-state index contributed by atoms with van der Waals surface area (Å²) in [6, 6.07) is 18.1. The van der Waals surface area contributed by atoms with Gasteiger partial charge in [0.15, 0.2) is 12.1 Å². The predicted octanol–water partition coefficient (Wildman–Crippen LogP) is 0.183. The summed E-state index contributed by atoms with van der Waals surface area (Å²) in [6.07, 6.45) is 0. The van der Waals surface area contributed by atoms with Gasteiger partial charge in [-0.1, -0.05) is 24.3 Å². The smallest absolute Gasteiger partial charge is 0.251 e. The minimum atomic E-state index is 0.728. The van der Waals surface area contributed by atoms with Gasteiger partial charge in [0.1, 0.15) is 38.2 Å². The zero-order valence-corrected chi connectivity index (χ0v) is 14.2. The molecule has 0 amide bonds. The van der Waals surface area contributed by atoms with Crippen molar-refractivity contribution in [3.05, 3.63) is 65.5 Å². The second kappa shape index (κ2) is 7.06. The van der Waals surface area contributed by atoms with E-state index in [9.17, 15) is 0 Å². The van der Waals surface area contributed by atoms with Gasteiger partial charge in [-0.3, -0.25) is 0 Å². The van der Waals surface area contributed by atoms with E-state index >= 15 is 0 Å². The number of nitriles is 1. The third-order valence-corrected chi connectivity index (χ3v) is 4.94. The average molecular weight is 334 g/mol. The monoisotopic (exact) mass is 334 g/mol. The number of hydrogen-bond acceptors (Lipinski definition) is 3. The third kappa shape index (κ3) is 3.71. The second-order valence-electron chi connectivity index (χ2n) is 6.74. The fourth-order valence-electron chi connectivity index (χ4n) is 3.51. The zero-order valence-electron chi connectivity index (χ0n) is 14.2. The quantitative estimate of drug-likeness (QED) is 0.716. The molecule has 0 aliphatic carbocycles. The number of oxazole rings is 1. The molecule has 1 aliphatic rings. The van der Waals surface area contributed by atoms with E-state index in [0.717, 1.165) is 61.8 Å². The van der Waals surface area contributed by atoms with Crippen LogP contribution in [-0.2, 0) is 13.1 Å². The summed E-state index contributed by atoms with van der Waals surface area (Å²) >= 11 is 0. The first-order valence-electron chi connectivity index (χ1n) is 8.81. The van der Waals surface area contributed by atoms with Crippen molar-refractivity contribution in [3.8, 4) is 6.07 Å². The Morgan fingerprint density at radius 1 is 0.920 bits per heavy atom. The highest BCUT2D eigenvalue weighted by atomic mass is 16.3. The van der Waals surface area contributed by atoms with E-state index in [0.29, 0.717) is 0 Å². The number of hydrogen-bond donors (Lipinski definition) is 2. The fourth-order valence-corrected chi connectivity index (χ4v) is 3.51. The number of benzene rings is 2. The Balaban J connectivity index is 1.31. The largest absolute Gasteiger partial charge is 0.435 e. The van der Waals surface area contributed by atoms with Crippen LogP contribution in [0, 0.1) is 11.3 Å². The molecule has 2 aromatic carbocycles. The van der Waals surface area contributed by atoms with E-state index < -0.39 is 0 Å². The molecule has 5 nitrogen and oxygen atoms in total. The van der Waals surface area contributed by atoms with Gasteiger partial charge >= 0.3 is 0 Å². The molecule has 2 N–H and O–H groups in total. The van der Waals surface area contributed by atoms with Crippen LogP contribution < -0.4 is 9.80 Å². The van der Waals surface area contributed by atoms with E-state index in [-0.39, 0.29) is 0 Å². The van der Waals surface area contributed by atoms with Crippen LogP contribution in [-0.4, -0.2) is 31.2 Å². The van der Waals surface area contributed by atoms with Gasteiger partial charge in [-0.05, 0) is 24.3 Å². The molecule has 3 aromatic rings. The molecule has 1 fully saturated rings. The van der Waals surface area contributed by atoms with Crippen LogP contribution >= 0.6 is 0 Å². The Bertz CT molecular complexity index is 853. The minimum absolute atomic E-state index is 0.728.